The number of likely N-dealkylation sites (tertiary alicyclic amines) is 1. The van der Waals surface area contributed by atoms with Crippen molar-refractivity contribution in [3.63, 3.8) is 0 Å². The topological polar surface area (TPSA) is 63.5 Å². The summed E-state index contributed by atoms with van der Waals surface area (Å²) in [5, 5.41) is 10.9. The number of halogens is 1. The van der Waals surface area contributed by atoms with E-state index in [0.717, 1.165) is 19.4 Å². The monoisotopic (exact) mass is 340 g/mol. The first kappa shape index (κ1) is 15.0. The molecule has 108 valence electrons. The summed E-state index contributed by atoms with van der Waals surface area (Å²) in [5.74, 6) is 0.260. The van der Waals surface area contributed by atoms with Crippen LogP contribution in [0.1, 0.15) is 37.0 Å². The number of nitro groups is 1. The van der Waals surface area contributed by atoms with Crippen molar-refractivity contribution in [3.8, 4) is 0 Å². The van der Waals surface area contributed by atoms with Gasteiger partial charge in [0.05, 0.1) is 10.5 Å². The Balaban J connectivity index is 2.34. The van der Waals surface area contributed by atoms with Crippen molar-refractivity contribution in [1.82, 2.24) is 4.90 Å². The molecule has 1 aromatic carbocycles. The number of carbonyl (C=O) groups excluding carboxylic acids is 1. The maximum Gasteiger partial charge on any atom is 0.284 e. The van der Waals surface area contributed by atoms with E-state index in [4.69, 9.17) is 0 Å². The summed E-state index contributed by atoms with van der Waals surface area (Å²) < 4.78 is 0.268. The highest BCUT2D eigenvalue weighted by molar-refractivity contribution is 9.10. The Morgan fingerprint density at radius 3 is 2.80 bits per heavy atom. The van der Waals surface area contributed by atoms with E-state index in [1.54, 1.807) is 12.1 Å². The molecule has 2 rings (SSSR count). The molecule has 0 saturated carbocycles. The lowest BCUT2D eigenvalue weighted by Gasteiger charge is -2.28. The normalized spacial score (nSPS) is 18.6. The molecular weight excluding hydrogens is 324 g/mol. The molecule has 0 spiro atoms. The van der Waals surface area contributed by atoms with Crippen molar-refractivity contribution < 1.29 is 9.72 Å². The molecule has 5 nitrogen and oxygen atoms in total. The Morgan fingerprint density at radius 1 is 1.50 bits per heavy atom. The van der Waals surface area contributed by atoms with Gasteiger partial charge < -0.3 is 4.90 Å². The Labute approximate surface area is 126 Å². The van der Waals surface area contributed by atoms with Gasteiger partial charge in [-0.3, -0.25) is 14.9 Å². The van der Waals surface area contributed by atoms with Crippen LogP contribution in [-0.4, -0.2) is 28.3 Å². The van der Waals surface area contributed by atoms with Gasteiger partial charge in [0, 0.05) is 18.7 Å². The second-order valence-electron chi connectivity index (χ2n) is 5.35. The van der Waals surface area contributed by atoms with Crippen LogP contribution < -0.4 is 0 Å². The third-order valence-corrected chi connectivity index (χ3v) is 4.57. The van der Waals surface area contributed by atoms with E-state index in [1.807, 2.05) is 4.90 Å². The van der Waals surface area contributed by atoms with E-state index in [2.05, 4.69) is 29.8 Å². The zero-order valence-corrected chi connectivity index (χ0v) is 13.1. The van der Waals surface area contributed by atoms with E-state index in [-0.39, 0.29) is 22.1 Å². The molecule has 1 atom stereocenters. The number of benzene rings is 1. The average Bonchev–Trinajstić information content (AvgIpc) is 2.87. The van der Waals surface area contributed by atoms with Crippen LogP contribution >= 0.6 is 15.9 Å². The van der Waals surface area contributed by atoms with Gasteiger partial charge in [-0.25, -0.2) is 0 Å². The molecule has 1 saturated heterocycles. The molecule has 1 heterocycles. The smallest absolute Gasteiger partial charge is 0.284 e. The Bertz CT molecular complexity index is 545. The third kappa shape index (κ3) is 2.70. The molecule has 20 heavy (non-hydrogen) atoms. The van der Waals surface area contributed by atoms with Crippen LogP contribution in [0.25, 0.3) is 0 Å². The zero-order chi connectivity index (χ0) is 14.9. The van der Waals surface area contributed by atoms with Crippen LogP contribution in [-0.2, 0) is 0 Å². The molecule has 0 radical (unpaired) electrons. The van der Waals surface area contributed by atoms with Gasteiger partial charge in [-0.05, 0) is 40.8 Å². The molecule has 1 aromatic rings. The predicted octanol–water partition coefficient (Wildman–Crippen LogP) is 3.62. The van der Waals surface area contributed by atoms with Crippen molar-refractivity contribution in [1.29, 1.82) is 0 Å². The molecule has 0 aliphatic carbocycles. The summed E-state index contributed by atoms with van der Waals surface area (Å²) in [7, 11) is 0. The van der Waals surface area contributed by atoms with Crippen LogP contribution in [0.15, 0.2) is 22.7 Å². The maximum absolute atomic E-state index is 12.6. The number of hydrogen-bond acceptors (Lipinski definition) is 3. The number of rotatable bonds is 3. The SMILES string of the molecule is CC(C)C1CCCN1C(=O)c1cccc([N+](=O)[O-])c1Br. The van der Waals surface area contributed by atoms with E-state index in [0.29, 0.717) is 11.5 Å². The summed E-state index contributed by atoms with van der Waals surface area (Å²) >= 11 is 3.20. The number of amides is 1. The molecular formula is C14H17BrN2O3. The minimum absolute atomic E-state index is 0.0730. The Kier molecular flexibility index (Phi) is 4.42. The van der Waals surface area contributed by atoms with Crippen LogP contribution in [0.2, 0.25) is 0 Å². The van der Waals surface area contributed by atoms with Crippen molar-refractivity contribution in [2.24, 2.45) is 5.92 Å². The van der Waals surface area contributed by atoms with Gasteiger partial charge in [-0.1, -0.05) is 19.9 Å². The van der Waals surface area contributed by atoms with Crippen molar-refractivity contribution >= 4 is 27.5 Å². The third-order valence-electron chi connectivity index (χ3n) is 3.74. The Hall–Kier alpha value is -1.43. The number of nitro benzene ring substituents is 1. The molecule has 6 heteroatoms. The lowest BCUT2D eigenvalue weighted by atomic mass is 10.0. The first-order valence-corrected chi connectivity index (χ1v) is 7.46. The predicted molar refractivity (Wildman–Crippen MR) is 79.7 cm³/mol. The molecule has 1 amide bonds. The summed E-state index contributed by atoms with van der Waals surface area (Å²) in [6, 6.07) is 4.80. The summed E-state index contributed by atoms with van der Waals surface area (Å²) in [4.78, 5) is 24.9. The quantitative estimate of drug-likeness (QED) is 0.623. The maximum atomic E-state index is 12.6. The van der Waals surface area contributed by atoms with Crippen LogP contribution in [0, 0.1) is 16.0 Å². The van der Waals surface area contributed by atoms with E-state index in [9.17, 15) is 14.9 Å². The molecule has 1 aliphatic rings. The standard InChI is InChI=1S/C14H17BrN2O3/c1-9(2)11-7-4-8-16(11)14(18)10-5-3-6-12(13(10)15)17(19)20/h3,5-6,9,11H,4,7-8H2,1-2H3. The molecule has 1 aliphatic heterocycles. The first-order valence-electron chi connectivity index (χ1n) is 6.67. The lowest BCUT2D eigenvalue weighted by molar-refractivity contribution is -0.385. The fraction of sp³-hybridized carbons (Fsp3) is 0.500. The molecule has 0 N–H and O–H groups in total. The van der Waals surface area contributed by atoms with Gasteiger partial charge in [-0.15, -0.1) is 0 Å². The molecule has 0 aromatic heterocycles. The summed E-state index contributed by atoms with van der Waals surface area (Å²) in [6.45, 7) is 4.91. The van der Waals surface area contributed by atoms with E-state index in [1.165, 1.54) is 6.07 Å². The van der Waals surface area contributed by atoms with Gasteiger partial charge >= 0.3 is 0 Å². The first-order chi connectivity index (χ1) is 9.43. The van der Waals surface area contributed by atoms with Gasteiger partial charge in [0.2, 0.25) is 0 Å². The molecule has 1 unspecified atom stereocenters. The zero-order valence-electron chi connectivity index (χ0n) is 11.5. The van der Waals surface area contributed by atoms with Gasteiger partial charge in [-0.2, -0.15) is 0 Å². The van der Waals surface area contributed by atoms with Gasteiger partial charge in [0.15, 0.2) is 0 Å². The highest BCUT2D eigenvalue weighted by atomic mass is 79.9. The number of carbonyl (C=O) groups is 1. The molecule has 1 fully saturated rings. The number of hydrogen-bond donors (Lipinski definition) is 0. The molecule has 0 bridgehead atoms. The van der Waals surface area contributed by atoms with Crippen LogP contribution in [0.4, 0.5) is 5.69 Å². The number of nitrogens with zero attached hydrogens (tertiary/aromatic N) is 2. The van der Waals surface area contributed by atoms with Crippen LogP contribution in [0.5, 0.6) is 0 Å². The minimum atomic E-state index is -0.481. The lowest BCUT2D eigenvalue weighted by Crippen LogP contribution is -2.38. The summed E-state index contributed by atoms with van der Waals surface area (Å²) in [6.07, 6.45) is 1.98. The highest BCUT2D eigenvalue weighted by Gasteiger charge is 2.33. The second kappa shape index (κ2) is 5.91. The fourth-order valence-corrected chi connectivity index (χ4v) is 3.30. The van der Waals surface area contributed by atoms with E-state index >= 15 is 0 Å². The van der Waals surface area contributed by atoms with Crippen molar-refractivity contribution in [2.45, 2.75) is 32.7 Å². The second-order valence-corrected chi connectivity index (χ2v) is 6.14. The van der Waals surface area contributed by atoms with Crippen LogP contribution in [0.3, 0.4) is 0 Å². The van der Waals surface area contributed by atoms with Gasteiger partial charge in [0.1, 0.15) is 4.47 Å². The minimum Gasteiger partial charge on any atom is -0.335 e. The van der Waals surface area contributed by atoms with Crippen molar-refractivity contribution in [2.75, 3.05) is 6.54 Å². The van der Waals surface area contributed by atoms with E-state index < -0.39 is 4.92 Å². The Morgan fingerprint density at radius 2 is 2.20 bits per heavy atom. The largest absolute Gasteiger partial charge is 0.335 e. The van der Waals surface area contributed by atoms with Crippen molar-refractivity contribution in [3.05, 3.63) is 38.3 Å². The average molecular weight is 341 g/mol. The fourth-order valence-electron chi connectivity index (χ4n) is 2.72. The van der Waals surface area contributed by atoms with Gasteiger partial charge in [0.25, 0.3) is 11.6 Å². The summed E-state index contributed by atoms with van der Waals surface area (Å²) in [5.41, 5.74) is 0.294. The highest BCUT2D eigenvalue weighted by Crippen LogP contribution is 2.32.